The number of carboxylic acid groups (broad SMARTS) is 1. The monoisotopic (exact) mass is 631 g/mol. The van der Waals surface area contributed by atoms with Crippen molar-refractivity contribution in [3.8, 4) is 0 Å². The van der Waals surface area contributed by atoms with E-state index in [0.717, 1.165) is 42.0 Å². The first kappa shape index (κ1) is 34.7. The maximum absolute atomic E-state index is 14.0. The summed E-state index contributed by atoms with van der Waals surface area (Å²) in [6.07, 6.45) is 9.73. The minimum Gasteiger partial charge on any atom is -0.465 e. The number of carbonyl (C=O) groups is 3. The number of aliphatic hydroxyl groups excluding tert-OH is 1. The molecule has 10 nitrogen and oxygen atoms in total. The number of allylic oxidation sites excluding steroid dienone is 1. The minimum absolute atomic E-state index is 0.0808. The van der Waals surface area contributed by atoms with E-state index in [2.05, 4.69) is 46.3 Å². The predicted octanol–water partition coefficient (Wildman–Crippen LogP) is 5.13. The lowest BCUT2D eigenvalue weighted by molar-refractivity contribution is -0.131. The number of aromatic amines is 1. The van der Waals surface area contributed by atoms with Gasteiger partial charge in [-0.25, -0.2) is 9.78 Å². The van der Waals surface area contributed by atoms with Gasteiger partial charge in [0.1, 0.15) is 12.1 Å². The minimum atomic E-state index is -1.34. The van der Waals surface area contributed by atoms with Crippen LogP contribution in [-0.2, 0) is 22.4 Å². The molecule has 46 heavy (non-hydrogen) atoms. The van der Waals surface area contributed by atoms with Gasteiger partial charge in [0, 0.05) is 19.0 Å². The van der Waals surface area contributed by atoms with Gasteiger partial charge in [0.25, 0.3) is 0 Å². The zero-order valence-electron chi connectivity index (χ0n) is 27.0. The molecule has 3 aromatic rings. The van der Waals surface area contributed by atoms with Crippen molar-refractivity contribution in [1.82, 2.24) is 25.9 Å². The number of aliphatic hydroxyl groups is 1. The number of aromatic nitrogens is 2. The first-order chi connectivity index (χ1) is 22.1. The Kier molecular flexibility index (Phi) is 12.8. The molecule has 0 unspecified atom stereocenters. The Morgan fingerprint density at radius 3 is 2.35 bits per heavy atom. The van der Waals surface area contributed by atoms with Gasteiger partial charge in [0.05, 0.1) is 24.2 Å². The highest BCUT2D eigenvalue weighted by molar-refractivity contribution is 5.92. The van der Waals surface area contributed by atoms with E-state index >= 15 is 0 Å². The number of hydrogen-bond donors (Lipinski definition) is 6. The molecule has 4 rings (SSSR count). The molecule has 1 heterocycles. The summed E-state index contributed by atoms with van der Waals surface area (Å²) in [4.78, 5) is 46.7. The van der Waals surface area contributed by atoms with Crippen LogP contribution in [0.4, 0.5) is 4.79 Å². The van der Waals surface area contributed by atoms with Crippen LogP contribution in [0.25, 0.3) is 10.8 Å². The zero-order chi connectivity index (χ0) is 33.1. The summed E-state index contributed by atoms with van der Waals surface area (Å²) in [6, 6.07) is 10.7. The van der Waals surface area contributed by atoms with Crippen molar-refractivity contribution in [3.63, 3.8) is 0 Å². The SMILES string of the molecule is C=C[C@@H](C[C@@H](O)[C@H](CC1CCCCC1)NC(=O)[C@H](Cc1c[nH]cn1)NC(=O)[C@H](Cc1cccc2ccccc12)NC(=O)O)C(C)C. The van der Waals surface area contributed by atoms with Crippen molar-refractivity contribution in [1.29, 1.82) is 0 Å². The van der Waals surface area contributed by atoms with Crippen LogP contribution in [0.3, 0.4) is 0 Å². The largest absolute Gasteiger partial charge is 0.465 e. The highest BCUT2D eigenvalue weighted by atomic mass is 16.4. The summed E-state index contributed by atoms with van der Waals surface area (Å²) in [6.45, 7) is 8.13. The molecule has 1 saturated carbocycles. The van der Waals surface area contributed by atoms with Gasteiger partial charge in [-0.2, -0.15) is 0 Å². The van der Waals surface area contributed by atoms with Gasteiger partial charge in [-0.05, 0) is 46.9 Å². The maximum Gasteiger partial charge on any atom is 0.405 e. The molecule has 0 bridgehead atoms. The second-order valence-corrected chi connectivity index (χ2v) is 13.0. The van der Waals surface area contributed by atoms with E-state index in [1.165, 1.54) is 12.7 Å². The van der Waals surface area contributed by atoms with Crippen LogP contribution in [0.2, 0.25) is 0 Å². The second-order valence-electron chi connectivity index (χ2n) is 13.0. The van der Waals surface area contributed by atoms with Gasteiger partial charge in [-0.1, -0.05) is 94.5 Å². The number of H-pyrrole nitrogens is 1. The van der Waals surface area contributed by atoms with E-state index in [-0.39, 0.29) is 24.7 Å². The third-order valence-electron chi connectivity index (χ3n) is 9.30. The molecule has 6 N–H and O–H groups in total. The Bertz CT molecular complexity index is 1430. The summed E-state index contributed by atoms with van der Waals surface area (Å²) in [5.74, 6) is -0.321. The van der Waals surface area contributed by atoms with Gasteiger partial charge in [-0.3, -0.25) is 9.59 Å². The fourth-order valence-electron chi connectivity index (χ4n) is 6.60. The number of rotatable bonds is 16. The number of benzene rings is 2. The Hall–Kier alpha value is -4.18. The molecule has 248 valence electrons. The zero-order valence-corrected chi connectivity index (χ0v) is 27.0. The number of nitrogens with one attached hydrogen (secondary N) is 4. The highest BCUT2D eigenvalue weighted by Gasteiger charge is 2.33. The second kappa shape index (κ2) is 16.9. The van der Waals surface area contributed by atoms with E-state index in [0.29, 0.717) is 24.5 Å². The van der Waals surface area contributed by atoms with E-state index in [4.69, 9.17) is 0 Å². The molecule has 0 spiro atoms. The molecular formula is C36H49N5O5. The van der Waals surface area contributed by atoms with Gasteiger partial charge in [-0.15, -0.1) is 6.58 Å². The molecular weight excluding hydrogens is 582 g/mol. The predicted molar refractivity (Wildman–Crippen MR) is 179 cm³/mol. The number of amides is 3. The standard InChI is InChI=1S/C36H49N5O5/c1-4-25(23(2)3)19-33(42)30(17-24-11-6-5-7-12-24)39-35(44)32(20-28-21-37-22-38-28)40-34(43)31(41-36(45)46)18-27-15-10-14-26-13-8-9-16-29(26)27/h4,8-10,13-16,21-25,30-33,41-42H,1,5-7,11-12,17-20H2,2-3H3,(H,37,38)(H,39,44)(H,40,43)(H,45,46)/t25-,30-,31-,32-,33+/m0/s1. The normalized spacial score (nSPS) is 17.0. The van der Waals surface area contributed by atoms with Gasteiger partial charge >= 0.3 is 6.09 Å². The van der Waals surface area contributed by atoms with E-state index in [9.17, 15) is 24.6 Å². The van der Waals surface area contributed by atoms with Crippen LogP contribution in [0.15, 0.2) is 67.6 Å². The van der Waals surface area contributed by atoms with E-state index in [1.54, 1.807) is 6.20 Å². The van der Waals surface area contributed by atoms with Gasteiger partial charge < -0.3 is 31.1 Å². The number of hydrogen-bond acceptors (Lipinski definition) is 5. The van der Waals surface area contributed by atoms with Crippen LogP contribution in [0.1, 0.15) is 70.1 Å². The number of nitrogens with zero attached hydrogens (tertiary/aromatic N) is 1. The van der Waals surface area contributed by atoms with Crippen molar-refractivity contribution >= 4 is 28.7 Å². The average Bonchev–Trinajstić information content (AvgIpc) is 3.56. The van der Waals surface area contributed by atoms with E-state index in [1.807, 2.05) is 48.5 Å². The van der Waals surface area contributed by atoms with Crippen molar-refractivity contribution < 1.29 is 24.6 Å². The molecule has 0 saturated heterocycles. The smallest absolute Gasteiger partial charge is 0.405 e. The first-order valence-corrected chi connectivity index (χ1v) is 16.5. The Morgan fingerprint density at radius 1 is 0.978 bits per heavy atom. The van der Waals surface area contributed by atoms with Crippen molar-refractivity contribution in [3.05, 3.63) is 78.9 Å². The molecule has 1 aliphatic carbocycles. The molecule has 0 radical (unpaired) electrons. The Morgan fingerprint density at radius 2 is 1.67 bits per heavy atom. The van der Waals surface area contributed by atoms with Crippen LogP contribution in [-0.4, -0.2) is 62.3 Å². The van der Waals surface area contributed by atoms with Crippen molar-refractivity contribution in [2.24, 2.45) is 17.8 Å². The van der Waals surface area contributed by atoms with Crippen molar-refractivity contribution in [2.45, 2.75) is 95.9 Å². The van der Waals surface area contributed by atoms with Crippen LogP contribution in [0, 0.1) is 17.8 Å². The number of carbonyl (C=O) groups excluding carboxylic acids is 2. The molecule has 1 fully saturated rings. The quantitative estimate of drug-likeness (QED) is 0.120. The third kappa shape index (κ3) is 9.91. The lowest BCUT2D eigenvalue weighted by Crippen LogP contribution is -2.57. The maximum atomic E-state index is 14.0. The summed E-state index contributed by atoms with van der Waals surface area (Å²) >= 11 is 0. The number of fused-ring (bicyclic) bond motifs is 1. The summed E-state index contributed by atoms with van der Waals surface area (Å²) in [5.41, 5.74) is 1.37. The molecule has 0 aliphatic heterocycles. The fourth-order valence-corrected chi connectivity index (χ4v) is 6.60. The number of imidazole rings is 1. The molecule has 1 aliphatic rings. The molecule has 10 heteroatoms. The Labute approximate surface area is 271 Å². The fraction of sp³-hybridized carbons (Fsp3) is 0.500. The molecule has 5 atom stereocenters. The molecule has 1 aromatic heterocycles. The lowest BCUT2D eigenvalue weighted by Gasteiger charge is -2.33. The summed E-state index contributed by atoms with van der Waals surface area (Å²) in [5, 5.41) is 31.2. The molecule has 2 aromatic carbocycles. The first-order valence-electron chi connectivity index (χ1n) is 16.5. The lowest BCUT2D eigenvalue weighted by atomic mass is 9.81. The Balaban J connectivity index is 1.56. The third-order valence-corrected chi connectivity index (χ3v) is 9.30. The highest BCUT2D eigenvalue weighted by Crippen LogP contribution is 2.30. The van der Waals surface area contributed by atoms with Gasteiger partial charge in [0.15, 0.2) is 0 Å². The summed E-state index contributed by atoms with van der Waals surface area (Å²) < 4.78 is 0. The van der Waals surface area contributed by atoms with Gasteiger partial charge in [0.2, 0.25) is 11.8 Å². The van der Waals surface area contributed by atoms with Crippen LogP contribution < -0.4 is 16.0 Å². The van der Waals surface area contributed by atoms with E-state index < -0.39 is 42.1 Å². The average molecular weight is 632 g/mol. The molecule has 3 amide bonds. The van der Waals surface area contributed by atoms with Crippen LogP contribution >= 0.6 is 0 Å². The topological polar surface area (TPSA) is 156 Å². The van der Waals surface area contributed by atoms with Crippen LogP contribution in [0.5, 0.6) is 0 Å². The summed E-state index contributed by atoms with van der Waals surface area (Å²) in [7, 11) is 0. The van der Waals surface area contributed by atoms with Crippen molar-refractivity contribution in [2.75, 3.05) is 0 Å².